The monoisotopic (exact) mass is 1250 g/mol. The highest BCUT2D eigenvalue weighted by molar-refractivity contribution is 7.87. The second-order valence-corrected chi connectivity index (χ2v) is 26.3. The summed E-state index contributed by atoms with van der Waals surface area (Å²) in [6.45, 7) is 4.31. The Morgan fingerprint density at radius 1 is 0.567 bits per heavy atom. The number of ether oxygens (including phenoxy) is 4. The van der Waals surface area contributed by atoms with Gasteiger partial charge in [0, 0.05) is 104 Å². The van der Waals surface area contributed by atoms with E-state index < -0.39 is 22.1 Å². The molecule has 0 bridgehead atoms. The number of aromatic carboxylic acids is 1. The van der Waals surface area contributed by atoms with Crippen LogP contribution in [0, 0.1) is 0 Å². The minimum absolute atomic E-state index is 0.0308. The van der Waals surface area contributed by atoms with Crippen molar-refractivity contribution in [1.29, 1.82) is 0 Å². The van der Waals surface area contributed by atoms with Crippen molar-refractivity contribution < 1.29 is 61.2 Å². The van der Waals surface area contributed by atoms with E-state index in [1.807, 2.05) is 60.7 Å². The summed E-state index contributed by atoms with van der Waals surface area (Å²) >= 11 is 0. The van der Waals surface area contributed by atoms with Gasteiger partial charge in [-0.3, -0.25) is 24.0 Å². The third kappa shape index (κ3) is 13.0. The normalized spacial score (nSPS) is 17.1. The van der Waals surface area contributed by atoms with E-state index in [2.05, 4.69) is 13.9 Å². The van der Waals surface area contributed by atoms with Crippen LogP contribution in [0.15, 0.2) is 83.9 Å². The van der Waals surface area contributed by atoms with Crippen molar-refractivity contribution in [3.8, 4) is 34.0 Å². The first-order valence-corrected chi connectivity index (χ1v) is 32.6. The standard InChI is InChI=1S/C35H43N5O7S.C33H37N3O6/c1-37(2)48(44,45)36-34(42)24-10-12-29-30(20-24)40-21-26(35(43)38(3)22-31(41)39-14-16-47-17-15-39)18-25-19-27(46-4)11-13-28(25)33(40)32(29)23-8-6-5-7-9-23;1-34(20-29(37)35-12-14-42-15-13-35)32(38)24-16-23-17-25(41-2)9-11-26(23)31-30(21-6-4-3-5-7-21)27-10-8-22(33(39)40)18-28(27)36(31)19-24/h10-13,18-20,23H,5-9,14-17,21-22H2,1-4H3,(H,36,42);8-11,16-18,21H,3-7,12-15,19-20H2,1-2H3,(H,39,40). The molecule has 0 atom stereocenters. The molecule has 4 aromatic carbocycles. The Hall–Kier alpha value is -8.31. The molecule has 5 amide bonds. The molecule has 12 rings (SSSR count). The SMILES string of the molecule is COc1ccc2c(c1)C=C(C(=O)N(C)CC(=O)N1CCOCC1)Cn1c-2c(C2CCCCC2)c2ccc(C(=O)NS(=O)(=O)N(C)C)cc21.COc1ccc2c(c1)C=C(C(=O)N(C)CC(=O)N1CCOCC1)Cn1c-2c(C2CCCCC2)c2ccc(C(=O)O)cc21. The number of carboxylic acids is 1. The molecule has 2 N–H and O–H groups in total. The fourth-order valence-corrected chi connectivity index (χ4v) is 14.3. The van der Waals surface area contributed by atoms with E-state index in [1.54, 1.807) is 62.4 Å². The Labute approximate surface area is 524 Å². The fraction of sp³-hybridized carbons (Fsp3) is 0.441. The number of likely N-dealkylation sites (N-methyl/N-ethyl adjacent to an activating group) is 2. The van der Waals surface area contributed by atoms with Gasteiger partial charge in [-0.1, -0.05) is 50.7 Å². The number of carboxylic acid groups (broad SMARTS) is 1. The van der Waals surface area contributed by atoms with Gasteiger partial charge in [-0.15, -0.1) is 0 Å². The van der Waals surface area contributed by atoms with E-state index in [1.165, 1.54) is 47.9 Å². The van der Waals surface area contributed by atoms with Gasteiger partial charge in [0.15, 0.2) is 0 Å². The van der Waals surface area contributed by atoms with Gasteiger partial charge in [-0.2, -0.15) is 12.7 Å². The maximum atomic E-state index is 14.2. The fourth-order valence-electron chi connectivity index (χ4n) is 13.7. The molecular formula is C68H80N8O13S. The molecule has 90 heavy (non-hydrogen) atoms. The third-order valence-electron chi connectivity index (χ3n) is 18.5. The number of nitrogens with one attached hydrogen (secondary N) is 1. The molecular weight excluding hydrogens is 1170 g/mol. The molecule has 476 valence electrons. The van der Waals surface area contributed by atoms with Crippen molar-refractivity contribution in [2.24, 2.45) is 0 Å². The minimum atomic E-state index is -4.01. The summed E-state index contributed by atoms with van der Waals surface area (Å²) in [5.74, 6) is -0.558. The summed E-state index contributed by atoms with van der Waals surface area (Å²) in [6, 6.07) is 22.4. The highest BCUT2D eigenvalue weighted by Gasteiger charge is 2.35. The summed E-state index contributed by atoms with van der Waals surface area (Å²) < 4.78 is 54.2. The Bertz CT molecular complexity index is 3970. The minimum Gasteiger partial charge on any atom is -0.497 e. The van der Waals surface area contributed by atoms with Gasteiger partial charge >= 0.3 is 16.2 Å². The Balaban J connectivity index is 0.000000187. The van der Waals surface area contributed by atoms with Crippen LogP contribution in [-0.2, 0) is 52.0 Å². The van der Waals surface area contributed by atoms with Crippen molar-refractivity contribution in [3.05, 3.63) is 117 Å². The summed E-state index contributed by atoms with van der Waals surface area (Å²) in [4.78, 5) is 85.9. The van der Waals surface area contributed by atoms with Crippen LogP contribution in [0.25, 0.3) is 56.5 Å². The van der Waals surface area contributed by atoms with Crippen LogP contribution in [0.3, 0.4) is 0 Å². The number of benzene rings is 4. The van der Waals surface area contributed by atoms with Gasteiger partial charge < -0.3 is 52.8 Å². The van der Waals surface area contributed by atoms with Crippen LogP contribution in [0.5, 0.6) is 11.5 Å². The quantitative estimate of drug-likeness (QED) is 0.104. The smallest absolute Gasteiger partial charge is 0.335 e. The summed E-state index contributed by atoms with van der Waals surface area (Å²) in [5.41, 5.74) is 10.9. The van der Waals surface area contributed by atoms with E-state index in [0.717, 1.165) is 111 Å². The highest BCUT2D eigenvalue weighted by atomic mass is 32.2. The highest BCUT2D eigenvalue weighted by Crippen LogP contribution is 2.49. The van der Waals surface area contributed by atoms with E-state index in [4.69, 9.17) is 18.9 Å². The summed E-state index contributed by atoms with van der Waals surface area (Å²) in [6.07, 6.45) is 14.9. The molecule has 2 saturated carbocycles. The van der Waals surface area contributed by atoms with Gasteiger partial charge in [0.05, 0.1) is 83.8 Å². The number of hydrogen-bond acceptors (Lipinski definition) is 12. The maximum absolute atomic E-state index is 14.2. The molecule has 22 heteroatoms. The predicted octanol–water partition coefficient (Wildman–Crippen LogP) is 8.39. The first-order valence-electron chi connectivity index (χ1n) is 31.1. The number of rotatable bonds is 14. The Morgan fingerprint density at radius 2 is 0.978 bits per heavy atom. The number of amides is 5. The molecule has 21 nitrogen and oxygen atoms in total. The van der Waals surface area contributed by atoms with Gasteiger partial charge in [0.2, 0.25) is 11.8 Å². The van der Waals surface area contributed by atoms with Crippen molar-refractivity contribution in [2.75, 3.05) is 108 Å². The zero-order valence-corrected chi connectivity index (χ0v) is 53.0. The lowest BCUT2D eigenvalue weighted by Gasteiger charge is -2.29. The van der Waals surface area contributed by atoms with Crippen molar-refractivity contribution in [2.45, 2.75) is 89.1 Å². The number of morpholine rings is 2. The van der Waals surface area contributed by atoms with Gasteiger partial charge in [0.25, 0.3) is 17.7 Å². The van der Waals surface area contributed by atoms with Gasteiger partial charge in [-0.25, -0.2) is 9.52 Å². The number of hydrogen-bond donors (Lipinski definition) is 2. The maximum Gasteiger partial charge on any atom is 0.335 e. The molecule has 2 saturated heterocycles. The molecule has 6 heterocycles. The second-order valence-electron chi connectivity index (χ2n) is 24.4. The van der Waals surface area contributed by atoms with Crippen molar-refractivity contribution >= 4 is 79.7 Å². The summed E-state index contributed by atoms with van der Waals surface area (Å²) in [7, 11) is 5.21. The molecule has 2 aromatic heterocycles. The van der Waals surface area contributed by atoms with Crippen LogP contribution in [0.2, 0.25) is 0 Å². The molecule has 0 radical (unpaired) electrons. The van der Waals surface area contributed by atoms with Crippen LogP contribution in [-0.4, -0.2) is 190 Å². The van der Waals surface area contributed by atoms with Gasteiger partial charge in [-0.05, 0) is 133 Å². The number of carbonyl (C=O) groups is 6. The van der Waals surface area contributed by atoms with E-state index >= 15 is 0 Å². The second kappa shape index (κ2) is 27.0. The number of nitrogens with zero attached hydrogens (tertiary/aromatic N) is 7. The van der Waals surface area contributed by atoms with E-state index in [-0.39, 0.29) is 66.9 Å². The number of carbonyl (C=O) groups excluding carboxylic acids is 5. The van der Waals surface area contributed by atoms with E-state index in [9.17, 15) is 42.3 Å². The Kier molecular flexibility index (Phi) is 19.0. The zero-order chi connectivity index (χ0) is 63.5. The van der Waals surface area contributed by atoms with Crippen LogP contribution in [0.1, 0.15) is 119 Å². The van der Waals surface area contributed by atoms with Crippen LogP contribution < -0.4 is 14.2 Å². The van der Waals surface area contributed by atoms with Crippen LogP contribution >= 0.6 is 0 Å². The van der Waals surface area contributed by atoms with Crippen molar-refractivity contribution in [1.82, 2.24) is 37.8 Å². The number of fused-ring (bicyclic) bond motifs is 10. The Morgan fingerprint density at radius 3 is 1.38 bits per heavy atom. The van der Waals surface area contributed by atoms with Crippen LogP contribution in [0.4, 0.5) is 0 Å². The van der Waals surface area contributed by atoms with E-state index in [0.29, 0.717) is 81.2 Å². The number of aromatic nitrogens is 2. The lowest BCUT2D eigenvalue weighted by Crippen LogP contribution is -2.46. The number of methoxy groups -OCH3 is 2. The third-order valence-corrected chi connectivity index (χ3v) is 19.9. The first-order chi connectivity index (χ1) is 43.3. The lowest BCUT2D eigenvalue weighted by atomic mass is 9.81. The molecule has 4 fully saturated rings. The average molecular weight is 1250 g/mol. The first kappa shape index (κ1) is 63.3. The van der Waals surface area contributed by atoms with Crippen molar-refractivity contribution in [3.63, 3.8) is 0 Å². The lowest BCUT2D eigenvalue weighted by molar-refractivity contribution is -0.140. The molecule has 6 aromatic rings. The average Bonchev–Trinajstić information content (AvgIpc) is 1.59. The summed E-state index contributed by atoms with van der Waals surface area (Å²) in [5, 5.41) is 11.8. The molecule has 6 aliphatic rings. The molecule has 0 unspecified atom stereocenters. The topological polar surface area (TPSA) is 232 Å². The predicted molar refractivity (Wildman–Crippen MR) is 343 cm³/mol. The molecule has 0 spiro atoms. The molecule has 2 aliphatic carbocycles. The largest absolute Gasteiger partial charge is 0.497 e. The van der Waals surface area contributed by atoms with Gasteiger partial charge in [0.1, 0.15) is 11.5 Å². The zero-order valence-electron chi connectivity index (χ0n) is 52.2. The molecule has 4 aliphatic heterocycles.